The summed E-state index contributed by atoms with van der Waals surface area (Å²) in [6, 6.07) is 6.24. The van der Waals surface area contributed by atoms with E-state index >= 15 is 0 Å². The van der Waals surface area contributed by atoms with E-state index in [0.717, 1.165) is 0 Å². The summed E-state index contributed by atoms with van der Waals surface area (Å²) in [6.07, 6.45) is 3.07. The van der Waals surface area contributed by atoms with Crippen molar-refractivity contribution in [1.29, 1.82) is 0 Å². The van der Waals surface area contributed by atoms with Crippen LogP contribution in [0.2, 0.25) is 0 Å². The van der Waals surface area contributed by atoms with Crippen molar-refractivity contribution in [2.45, 2.75) is 58.0 Å². The number of hydrogen-bond donors (Lipinski definition) is 0. The van der Waals surface area contributed by atoms with Crippen molar-refractivity contribution in [3.05, 3.63) is 30.1 Å². The molecule has 4 heteroatoms. The third-order valence-corrected chi connectivity index (χ3v) is 7.23. The van der Waals surface area contributed by atoms with E-state index in [1.807, 2.05) is 12.3 Å². The SMILES string of the molecule is CC(C)(C)[PH+](Cc1ccccn1)C(C)(C)C.[CH-]=O.[IrH3]. The molecule has 0 N–H and O–H groups in total. The molecule has 2 nitrogen and oxygen atoms in total. The van der Waals surface area contributed by atoms with E-state index < -0.39 is 7.92 Å². The zero-order valence-electron chi connectivity index (χ0n) is 12.9. The molecule has 114 valence electrons. The second kappa shape index (κ2) is 8.95. The van der Waals surface area contributed by atoms with Gasteiger partial charge in [-0.2, -0.15) is 0 Å². The number of carbonyl (C=O) groups excluding carboxylic acids is 1. The summed E-state index contributed by atoms with van der Waals surface area (Å²) in [5.41, 5.74) is 1.25. The van der Waals surface area contributed by atoms with Crippen molar-refractivity contribution < 1.29 is 24.9 Å². The van der Waals surface area contributed by atoms with Crippen molar-refractivity contribution >= 4 is 14.7 Å². The molecule has 0 aliphatic heterocycles. The fourth-order valence-electron chi connectivity index (χ4n) is 2.34. The average molecular weight is 463 g/mol. The molecule has 1 aromatic heterocycles. The fourth-order valence-corrected chi connectivity index (χ4v) is 6.22. The Morgan fingerprint density at radius 2 is 1.53 bits per heavy atom. The van der Waals surface area contributed by atoms with Crippen LogP contribution in [0.15, 0.2) is 24.4 Å². The summed E-state index contributed by atoms with van der Waals surface area (Å²) < 4.78 is 0. The Labute approximate surface area is 132 Å². The first-order valence-electron chi connectivity index (χ1n) is 6.21. The van der Waals surface area contributed by atoms with Crippen LogP contribution in [0.1, 0.15) is 47.2 Å². The molecule has 0 spiro atoms. The number of hydrogen-bond acceptors (Lipinski definition) is 2. The minimum atomic E-state index is -0.491. The predicted molar refractivity (Wildman–Crippen MR) is 86.7 cm³/mol. The fraction of sp³-hybridized carbons (Fsp3) is 0.600. The van der Waals surface area contributed by atoms with Gasteiger partial charge in [-0.05, 0) is 53.7 Å². The van der Waals surface area contributed by atoms with Gasteiger partial charge in [-0.1, -0.05) is 6.07 Å². The molecule has 1 radical (unpaired) electrons. The Bertz CT molecular complexity index is 329. The van der Waals surface area contributed by atoms with Crippen LogP contribution in [0.5, 0.6) is 0 Å². The van der Waals surface area contributed by atoms with Crippen LogP contribution in [0, 0.1) is 0 Å². The summed E-state index contributed by atoms with van der Waals surface area (Å²) in [6.45, 7) is 17.5. The van der Waals surface area contributed by atoms with Gasteiger partial charge < -0.3 is 4.79 Å². The summed E-state index contributed by atoms with van der Waals surface area (Å²) in [4.78, 5) is 12.2. The molecular formula is C15H29IrNOP. The van der Waals surface area contributed by atoms with Crippen LogP contribution in [-0.4, -0.2) is 22.1 Å². The van der Waals surface area contributed by atoms with E-state index in [1.165, 1.54) is 11.9 Å². The van der Waals surface area contributed by atoms with Crippen LogP contribution in [0.4, 0.5) is 0 Å². The summed E-state index contributed by atoms with van der Waals surface area (Å²) in [7, 11) is -0.491. The second-order valence-corrected chi connectivity index (χ2v) is 10.8. The van der Waals surface area contributed by atoms with Gasteiger partial charge in [0, 0.05) is 14.1 Å². The summed E-state index contributed by atoms with van der Waals surface area (Å²) in [5.74, 6) is 0. The number of rotatable bonds is 2. The molecule has 1 rings (SSSR count). The number of pyridine rings is 1. The van der Waals surface area contributed by atoms with Crippen molar-refractivity contribution in [1.82, 2.24) is 4.98 Å². The summed E-state index contributed by atoms with van der Waals surface area (Å²) in [5, 5.41) is 0.834. The molecule has 0 bridgehead atoms. The van der Waals surface area contributed by atoms with Crippen molar-refractivity contribution in [3.63, 3.8) is 0 Å². The molecule has 0 fully saturated rings. The Morgan fingerprint density at radius 1 is 1.05 bits per heavy atom. The van der Waals surface area contributed by atoms with Crippen molar-refractivity contribution in [2.75, 3.05) is 0 Å². The van der Waals surface area contributed by atoms with Crippen molar-refractivity contribution in [2.24, 2.45) is 0 Å². The Kier molecular flexibility index (Phi) is 9.99. The van der Waals surface area contributed by atoms with Gasteiger partial charge in [0.05, 0.1) is 22.2 Å². The van der Waals surface area contributed by atoms with Gasteiger partial charge in [-0.15, -0.1) is 0 Å². The van der Waals surface area contributed by atoms with Gasteiger partial charge in [-0.3, -0.25) is 11.8 Å². The molecule has 0 unspecified atom stereocenters. The van der Waals surface area contributed by atoms with Crippen LogP contribution in [0.25, 0.3) is 0 Å². The topological polar surface area (TPSA) is 30.0 Å². The first-order chi connectivity index (χ1) is 8.21. The molecule has 0 saturated carbocycles. The maximum absolute atomic E-state index is 7.75. The Balaban J connectivity index is 0. The zero-order valence-corrected chi connectivity index (χ0v) is 16.8. The molecule has 0 atom stereocenters. The van der Waals surface area contributed by atoms with E-state index in [2.05, 4.69) is 65.4 Å². The molecule has 19 heavy (non-hydrogen) atoms. The van der Waals surface area contributed by atoms with E-state index in [1.54, 1.807) is 0 Å². The van der Waals surface area contributed by atoms with Gasteiger partial charge in [-0.25, -0.2) is 0 Å². The quantitative estimate of drug-likeness (QED) is 0.384. The van der Waals surface area contributed by atoms with Crippen LogP contribution in [0.3, 0.4) is 0 Å². The molecule has 1 aromatic rings. The van der Waals surface area contributed by atoms with Gasteiger partial charge in [0.1, 0.15) is 0 Å². The molecule has 0 aromatic carbocycles. The average Bonchev–Trinajstić information content (AvgIpc) is 2.27. The third-order valence-electron chi connectivity index (χ3n) is 2.89. The summed E-state index contributed by atoms with van der Waals surface area (Å²) >= 11 is 0. The monoisotopic (exact) mass is 463 g/mol. The number of aromatic nitrogens is 1. The Hall–Kier alpha value is -0.101. The molecule has 0 amide bonds. The van der Waals surface area contributed by atoms with Gasteiger partial charge in [0.15, 0.2) is 0 Å². The van der Waals surface area contributed by atoms with Crippen LogP contribution < -0.4 is 0 Å². The zero-order chi connectivity index (χ0) is 14.4. The molecule has 0 saturated heterocycles. The molecular weight excluding hydrogens is 433 g/mol. The van der Waals surface area contributed by atoms with E-state index in [4.69, 9.17) is 4.79 Å². The minimum absolute atomic E-state index is 0. The standard InChI is InChI=1S/C14H24NP.CHO.Ir.3H/c1-13(2,3)16(14(4,5)6)11-12-9-7-8-10-15-12;1-2;;;;/h7-10H,11H2,1-6H3;1H;;;;/q;-1;;;;/p+1. The first kappa shape index (κ1) is 21.2. The van der Waals surface area contributed by atoms with E-state index in [0.29, 0.717) is 10.3 Å². The van der Waals surface area contributed by atoms with Gasteiger partial charge >= 0.3 is 20.1 Å². The Morgan fingerprint density at radius 3 is 1.84 bits per heavy atom. The molecule has 0 aliphatic rings. The normalized spacial score (nSPS) is 11.3. The number of nitrogens with zero attached hydrogens (tertiary/aromatic N) is 1. The van der Waals surface area contributed by atoms with Crippen LogP contribution >= 0.6 is 7.92 Å². The van der Waals surface area contributed by atoms with Gasteiger partial charge in [0.2, 0.25) is 0 Å². The van der Waals surface area contributed by atoms with E-state index in [-0.39, 0.29) is 20.1 Å². The predicted octanol–water partition coefficient (Wildman–Crippen LogP) is 3.31. The first-order valence-corrected chi connectivity index (χ1v) is 7.92. The second-order valence-electron chi connectivity index (χ2n) is 6.48. The third kappa shape index (κ3) is 7.92. The molecule has 0 aliphatic carbocycles. The van der Waals surface area contributed by atoms with Gasteiger partial charge in [0.25, 0.3) is 0 Å². The van der Waals surface area contributed by atoms with Crippen LogP contribution in [-0.2, 0) is 31.1 Å². The molecule has 1 heterocycles. The van der Waals surface area contributed by atoms with E-state index in [9.17, 15) is 0 Å². The maximum atomic E-state index is 7.75. The van der Waals surface area contributed by atoms with Crippen molar-refractivity contribution in [3.8, 4) is 0 Å².